The number of hydrogen-bond acceptors (Lipinski definition) is 6. The minimum absolute atomic E-state index is 0.0721. The number of carbonyl (C=O) groups excluding carboxylic acids is 2. The predicted octanol–water partition coefficient (Wildman–Crippen LogP) is 1.69. The number of nitrogens with one attached hydrogen (secondary N) is 1. The molecule has 3 N–H and O–H groups in total. The van der Waals surface area contributed by atoms with Crippen LogP contribution in [0.4, 0.5) is 5.69 Å². The zero-order valence-corrected chi connectivity index (χ0v) is 17.1. The Bertz CT molecular complexity index is 1090. The van der Waals surface area contributed by atoms with Gasteiger partial charge in [0.05, 0.1) is 5.92 Å². The maximum absolute atomic E-state index is 12.6. The maximum Gasteiger partial charge on any atom is 0.295 e. The van der Waals surface area contributed by atoms with Crippen molar-refractivity contribution in [1.82, 2.24) is 24.5 Å². The normalized spacial score (nSPS) is 17.2. The predicted molar refractivity (Wildman–Crippen MR) is 112 cm³/mol. The molecule has 0 saturated carbocycles. The SMILES string of the molecule is Cc1cc(C)n2nc(C(=O)Nc3ccc(CN4CCCC(C(N)=O)C4)cc3)nc2n1. The first-order chi connectivity index (χ1) is 14.4. The largest absolute Gasteiger partial charge is 0.369 e. The summed E-state index contributed by atoms with van der Waals surface area (Å²) in [6.07, 6.45) is 1.84. The van der Waals surface area contributed by atoms with Gasteiger partial charge in [0.15, 0.2) is 0 Å². The lowest BCUT2D eigenvalue weighted by molar-refractivity contribution is -0.123. The molecule has 3 aromatic rings. The monoisotopic (exact) mass is 407 g/mol. The minimum Gasteiger partial charge on any atom is -0.369 e. The van der Waals surface area contributed by atoms with Crippen LogP contribution in [0.1, 0.15) is 40.4 Å². The third-order valence-electron chi connectivity index (χ3n) is 5.35. The first-order valence-electron chi connectivity index (χ1n) is 10.0. The summed E-state index contributed by atoms with van der Waals surface area (Å²) >= 11 is 0. The fourth-order valence-electron chi connectivity index (χ4n) is 3.83. The van der Waals surface area contributed by atoms with Gasteiger partial charge in [-0.15, -0.1) is 5.10 Å². The summed E-state index contributed by atoms with van der Waals surface area (Å²) in [5.41, 5.74) is 8.92. The summed E-state index contributed by atoms with van der Waals surface area (Å²) in [5.74, 6) is -0.198. The van der Waals surface area contributed by atoms with Crippen LogP contribution in [0.5, 0.6) is 0 Å². The fourth-order valence-corrected chi connectivity index (χ4v) is 3.83. The number of carbonyl (C=O) groups is 2. The van der Waals surface area contributed by atoms with Crippen LogP contribution in [0.3, 0.4) is 0 Å². The van der Waals surface area contributed by atoms with Crippen LogP contribution < -0.4 is 11.1 Å². The van der Waals surface area contributed by atoms with Gasteiger partial charge in [0.2, 0.25) is 11.7 Å². The number of hydrogen-bond donors (Lipinski definition) is 2. The van der Waals surface area contributed by atoms with E-state index in [-0.39, 0.29) is 23.6 Å². The van der Waals surface area contributed by atoms with Crippen LogP contribution in [0.2, 0.25) is 0 Å². The highest BCUT2D eigenvalue weighted by atomic mass is 16.2. The summed E-state index contributed by atoms with van der Waals surface area (Å²) in [6.45, 7) is 6.16. The molecule has 4 rings (SSSR count). The Hall–Kier alpha value is -3.33. The highest BCUT2D eigenvalue weighted by Crippen LogP contribution is 2.19. The second-order valence-electron chi connectivity index (χ2n) is 7.81. The second kappa shape index (κ2) is 8.19. The lowest BCUT2D eigenvalue weighted by Crippen LogP contribution is -2.40. The molecule has 1 fully saturated rings. The molecule has 2 aromatic heterocycles. The first kappa shape index (κ1) is 20.0. The number of aryl methyl sites for hydroxylation is 2. The molecular weight excluding hydrogens is 382 g/mol. The van der Waals surface area contributed by atoms with Gasteiger partial charge in [-0.2, -0.15) is 4.98 Å². The van der Waals surface area contributed by atoms with Crippen molar-refractivity contribution in [3.8, 4) is 0 Å². The number of rotatable bonds is 5. The van der Waals surface area contributed by atoms with Crippen molar-refractivity contribution >= 4 is 23.3 Å². The number of anilines is 1. The number of primary amides is 1. The summed E-state index contributed by atoms with van der Waals surface area (Å²) in [4.78, 5) is 34.8. The molecule has 1 aliphatic rings. The molecule has 9 nitrogen and oxygen atoms in total. The lowest BCUT2D eigenvalue weighted by Gasteiger charge is -2.31. The first-order valence-corrected chi connectivity index (χ1v) is 10.0. The third kappa shape index (κ3) is 4.30. The van der Waals surface area contributed by atoms with E-state index < -0.39 is 0 Å². The number of aromatic nitrogens is 4. The van der Waals surface area contributed by atoms with Gasteiger partial charge in [-0.25, -0.2) is 9.50 Å². The average molecular weight is 407 g/mol. The summed E-state index contributed by atoms with van der Waals surface area (Å²) in [6, 6.07) is 9.53. The van der Waals surface area contributed by atoms with Crippen LogP contribution in [0.15, 0.2) is 30.3 Å². The Balaban J connectivity index is 1.40. The van der Waals surface area contributed by atoms with Gasteiger partial charge in [0.25, 0.3) is 11.7 Å². The molecule has 1 atom stereocenters. The topological polar surface area (TPSA) is 119 Å². The van der Waals surface area contributed by atoms with E-state index >= 15 is 0 Å². The number of nitrogens with zero attached hydrogens (tertiary/aromatic N) is 5. The highest BCUT2D eigenvalue weighted by Gasteiger charge is 2.23. The standard InChI is InChI=1S/C21H25N7O2/c1-13-10-14(2)28-21(23-13)25-19(26-28)20(30)24-17-7-5-15(6-8-17)11-27-9-3-4-16(12-27)18(22)29/h5-8,10,16H,3-4,9,11-12H2,1-2H3,(H2,22,29)(H,24,30). The smallest absolute Gasteiger partial charge is 0.295 e. The Morgan fingerprint density at radius 1 is 1.20 bits per heavy atom. The van der Waals surface area contributed by atoms with Crippen molar-refractivity contribution in [2.24, 2.45) is 11.7 Å². The van der Waals surface area contributed by atoms with Crippen LogP contribution in [-0.4, -0.2) is 49.4 Å². The Labute approximate surface area is 174 Å². The van der Waals surface area contributed by atoms with Crippen LogP contribution in [-0.2, 0) is 11.3 Å². The van der Waals surface area contributed by atoms with E-state index in [1.807, 2.05) is 44.2 Å². The van der Waals surface area contributed by atoms with E-state index in [0.717, 1.165) is 42.9 Å². The molecule has 0 aliphatic carbocycles. The molecule has 2 amide bonds. The van der Waals surface area contributed by atoms with Gasteiger partial charge in [-0.3, -0.25) is 14.5 Å². The molecule has 1 aliphatic heterocycles. The van der Waals surface area contributed by atoms with Crippen molar-refractivity contribution in [2.75, 3.05) is 18.4 Å². The zero-order chi connectivity index (χ0) is 21.3. The van der Waals surface area contributed by atoms with Crippen LogP contribution in [0, 0.1) is 19.8 Å². The van der Waals surface area contributed by atoms with Crippen molar-refractivity contribution in [1.29, 1.82) is 0 Å². The third-order valence-corrected chi connectivity index (χ3v) is 5.35. The Morgan fingerprint density at radius 2 is 1.97 bits per heavy atom. The number of likely N-dealkylation sites (tertiary alicyclic amines) is 1. The van der Waals surface area contributed by atoms with E-state index in [2.05, 4.69) is 25.3 Å². The Kier molecular flexibility index (Phi) is 5.45. The van der Waals surface area contributed by atoms with E-state index in [9.17, 15) is 9.59 Å². The molecular formula is C21H25N7O2. The quantitative estimate of drug-likeness (QED) is 0.664. The van der Waals surface area contributed by atoms with Crippen molar-refractivity contribution < 1.29 is 9.59 Å². The van der Waals surface area contributed by atoms with Gasteiger partial charge in [0, 0.05) is 30.2 Å². The number of fused-ring (bicyclic) bond motifs is 1. The molecule has 0 bridgehead atoms. The zero-order valence-electron chi connectivity index (χ0n) is 17.1. The van der Waals surface area contributed by atoms with Crippen molar-refractivity contribution in [3.63, 3.8) is 0 Å². The molecule has 3 heterocycles. The summed E-state index contributed by atoms with van der Waals surface area (Å²) in [5, 5.41) is 7.08. The fraction of sp³-hybridized carbons (Fsp3) is 0.381. The van der Waals surface area contributed by atoms with E-state index in [1.54, 1.807) is 4.52 Å². The number of nitrogens with two attached hydrogens (primary N) is 1. The summed E-state index contributed by atoms with van der Waals surface area (Å²) < 4.78 is 1.56. The van der Waals surface area contributed by atoms with E-state index in [0.29, 0.717) is 18.0 Å². The van der Waals surface area contributed by atoms with E-state index in [1.165, 1.54) is 0 Å². The molecule has 156 valence electrons. The number of piperidine rings is 1. The van der Waals surface area contributed by atoms with Gasteiger partial charge in [-0.1, -0.05) is 12.1 Å². The molecule has 9 heteroatoms. The van der Waals surface area contributed by atoms with Gasteiger partial charge in [-0.05, 0) is 57.0 Å². The molecule has 30 heavy (non-hydrogen) atoms. The maximum atomic E-state index is 12.6. The number of benzene rings is 1. The molecule has 1 aromatic carbocycles. The molecule has 0 spiro atoms. The second-order valence-corrected chi connectivity index (χ2v) is 7.81. The molecule has 1 saturated heterocycles. The lowest BCUT2D eigenvalue weighted by atomic mass is 9.97. The van der Waals surface area contributed by atoms with Gasteiger partial charge < -0.3 is 11.1 Å². The Morgan fingerprint density at radius 3 is 2.70 bits per heavy atom. The van der Waals surface area contributed by atoms with Gasteiger partial charge >= 0.3 is 0 Å². The van der Waals surface area contributed by atoms with Crippen molar-refractivity contribution in [2.45, 2.75) is 33.2 Å². The minimum atomic E-state index is -0.384. The van der Waals surface area contributed by atoms with Crippen LogP contribution in [0.25, 0.3) is 5.78 Å². The average Bonchev–Trinajstić information content (AvgIpc) is 3.14. The molecule has 0 radical (unpaired) electrons. The van der Waals surface area contributed by atoms with E-state index in [4.69, 9.17) is 5.73 Å². The molecule has 1 unspecified atom stereocenters. The van der Waals surface area contributed by atoms with Gasteiger partial charge in [0.1, 0.15) is 0 Å². The highest BCUT2D eigenvalue weighted by molar-refractivity contribution is 6.01. The summed E-state index contributed by atoms with van der Waals surface area (Å²) in [7, 11) is 0. The number of amides is 2. The van der Waals surface area contributed by atoms with Crippen LogP contribution >= 0.6 is 0 Å². The van der Waals surface area contributed by atoms with Crippen molar-refractivity contribution in [3.05, 3.63) is 53.1 Å².